The van der Waals surface area contributed by atoms with E-state index in [1.54, 1.807) is 45.0 Å². The molecule has 0 radical (unpaired) electrons. The van der Waals surface area contributed by atoms with Crippen molar-refractivity contribution in [2.24, 2.45) is 0 Å². The molecule has 1 amide bonds. The number of aryl methyl sites for hydroxylation is 1. The van der Waals surface area contributed by atoms with Gasteiger partial charge in [-0.15, -0.1) is 11.3 Å². The van der Waals surface area contributed by atoms with Crippen molar-refractivity contribution in [1.82, 2.24) is 0 Å². The molecule has 1 aromatic heterocycles. The molecule has 0 saturated carbocycles. The van der Waals surface area contributed by atoms with Crippen molar-refractivity contribution in [3.8, 4) is 5.75 Å². The van der Waals surface area contributed by atoms with Crippen LogP contribution in [-0.4, -0.2) is 36.7 Å². The molecular weight excluding hydrogens is 454 g/mol. The summed E-state index contributed by atoms with van der Waals surface area (Å²) in [6, 6.07) is 6.57. The lowest BCUT2D eigenvalue weighted by Crippen LogP contribution is -2.41. The minimum Gasteiger partial charge on any atom is -0.476 e. The van der Waals surface area contributed by atoms with Crippen LogP contribution in [0.2, 0.25) is 5.02 Å². The van der Waals surface area contributed by atoms with Crippen LogP contribution in [0.15, 0.2) is 24.3 Å². The number of anilines is 1. The summed E-state index contributed by atoms with van der Waals surface area (Å²) < 4.78 is 16.0. The Labute approximate surface area is 196 Å². The Kier molecular flexibility index (Phi) is 7.79. The fraction of sp³-hybridized carbons (Fsp3) is 0.435. The first kappa shape index (κ1) is 24.1. The maximum atomic E-state index is 12.5. The summed E-state index contributed by atoms with van der Waals surface area (Å²) in [6.45, 7) is 4.58. The third-order valence-corrected chi connectivity index (χ3v) is 6.38. The predicted molar refractivity (Wildman–Crippen MR) is 123 cm³/mol. The fourth-order valence-electron chi connectivity index (χ4n) is 3.38. The highest BCUT2D eigenvalue weighted by atomic mass is 35.5. The number of ether oxygens (including phenoxy) is 3. The first-order chi connectivity index (χ1) is 15.2. The van der Waals surface area contributed by atoms with Gasteiger partial charge < -0.3 is 19.5 Å². The van der Waals surface area contributed by atoms with Crippen molar-refractivity contribution in [1.29, 1.82) is 0 Å². The van der Waals surface area contributed by atoms with Gasteiger partial charge in [0, 0.05) is 9.90 Å². The molecule has 1 aliphatic carbocycles. The number of amides is 1. The van der Waals surface area contributed by atoms with Crippen LogP contribution in [0.5, 0.6) is 5.75 Å². The summed E-state index contributed by atoms with van der Waals surface area (Å²) in [4.78, 5) is 38.6. The molecule has 0 aliphatic heterocycles. The number of hydrogen-bond donors (Lipinski definition) is 1. The molecule has 7 nitrogen and oxygen atoms in total. The van der Waals surface area contributed by atoms with E-state index in [-0.39, 0.29) is 6.61 Å². The van der Waals surface area contributed by atoms with Crippen molar-refractivity contribution < 1.29 is 28.6 Å². The largest absolute Gasteiger partial charge is 0.476 e. The minimum atomic E-state index is -1.31. The fourth-order valence-corrected chi connectivity index (χ4v) is 4.80. The number of fused-ring (bicyclic) bond motifs is 1. The van der Waals surface area contributed by atoms with E-state index in [2.05, 4.69) is 5.32 Å². The smallest absolute Gasteiger partial charge is 0.350 e. The monoisotopic (exact) mass is 479 g/mol. The van der Waals surface area contributed by atoms with E-state index in [4.69, 9.17) is 25.8 Å². The molecule has 9 heteroatoms. The van der Waals surface area contributed by atoms with Crippen molar-refractivity contribution in [3.05, 3.63) is 45.3 Å². The molecular formula is C23H26ClNO6S. The Morgan fingerprint density at radius 3 is 2.47 bits per heavy atom. The molecule has 0 fully saturated rings. The molecule has 1 aliphatic rings. The maximum Gasteiger partial charge on any atom is 0.350 e. The Bertz CT molecular complexity index is 999. The van der Waals surface area contributed by atoms with E-state index in [1.165, 1.54) is 11.3 Å². The van der Waals surface area contributed by atoms with Gasteiger partial charge in [0.25, 0.3) is 5.91 Å². The van der Waals surface area contributed by atoms with E-state index in [9.17, 15) is 14.4 Å². The summed E-state index contributed by atoms with van der Waals surface area (Å²) in [6.07, 6.45) is 3.68. The number of halogens is 1. The lowest BCUT2D eigenvalue weighted by atomic mass is 9.95. The van der Waals surface area contributed by atoms with E-state index in [0.717, 1.165) is 36.1 Å². The van der Waals surface area contributed by atoms with Crippen LogP contribution >= 0.6 is 22.9 Å². The third kappa shape index (κ3) is 5.81. The lowest BCUT2D eigenvalue weighted by molar-refractivity contribution is -0.161. The number of carbonyl (C=O) groups excluding carboxylic acids is 3. The number of thiophene rings is 1. The third-order valence-electron chi connectivity index (χ3n) is 4.92. The van der Waals surface area contributed by atoms with Crippen LogP contribution < -0.4 is 10.1 Å². The van der Waals surface area contributed by atoms with E-state index in [0.29, 0.717) is 21.3 Å². The van der Waals surface area contributed by atoms with Gasteiger partial charge in [0.1, 0.15) is 10.8 Å². The number of rotatable bonds is 8. The van der Waals surface area contributed by atoms with Crippen LogP contribution in [0, 0.1) is 0 Å². The quantitative estimate of drug-likeness (QED) is 0.547. The van der Waals surface area contributed by atoms with Crippen LogP contribution in [0.25, 0.3) is 0 Å². The predicted octanol–water partition coefficient (Wildman–Crippen LogP) is 4.80. The summed E-state index contributed by atoms with van der Waals surface area (Å²) in [7, 11) is 0. The normalized spacial score (nSPS) is 13.1. The summed E-state index contributed by atoms with van der Waals surface area (Å²) >= 11 is 7.24. The number of carbonyl (C=O) groups is 3. The Morgan fingerprint density at radius 2 is 1.78 bits per heavy atom. The van der Waals surface area contributed by atoms with Crippen molar-refractivity contribution >= 4 is 45.8 Å². The Hall–Kier alpha value is -2.58. The first-order valence-electron chi connectivity index (χ1n) is 10.4. The molecule has 1 heterocycles. The summed E-state index contributed by atoms with van der Waals surface area (Å²) in [5.41, 5.74) is 0.0498. The average Bonchev–Trinajstić information content (AvgIpc) is 3.11. The zero-order valence-electron chi connectivity index (χ0n) is 18.3. The van der Waals surface area contributed by atoms with Crippen LogP contribution in [0.3, 0.4) is 0 Å². The second-order valence-electron chi connectivity index (χ2n) is 7.83. The van der Waals surface area contributed by atoms with Gasteiger partial charge >= 0.3 is 11.9 Å². The molecule has 0 atom stereocenters. The second kappa shape index (κ2) is 10.4. The molecule has 32 heavy (non-hydrogen) atoms. The van der Waals surface area contributed by atoms with Crippen molar-refractivity contribution in [2.75, 3.05) is 18.5 Å². The number of hydrogen-bond acceptors (Lipinski definition) is 7. The van der Waals surface area contributed by atoms with Crippen LogP contribution in [0.4, 0.5) is 5.00 Å². The summed E-state index contributed by atoms with van der Waals surface area (Å²) in [5, 5.41) is 3.70. The number of benzene rings is 1. The Morgan fingerprint density at radius 1 is 1.09 bits per heavy atom. The molecule has 0 unspecified atom stereocenters. The Balaban J connectivity index is 1.63. The number of esters is 2. The van der Waals surface area contributed by atoms with Crippen LogP contribution in [-0.2, 0) is 31.9 Å². The zero-order valence-corrected chi connectivity index (χ0v) is 19.9. The van der Waals surface area contributed by atoms with Crippen molar-refractivity contribution in [3.63, 3.8) is 0 Å². The molecule has 0 bridgehead atoms. The molecule has 2 aromatic rings. The molecule has 3 rings (SSSR count). The van der Waals surface area contributed by atoms with Gasteiger partial charge in [0.15, 0.2) is 12.2 Å². The van der Waals surface area contributed by atoms with E-state index in [1.807, 2.05) is 0 Å². The average molecular weight is 480 g/mol. The topological polar surface area (TPSA) is 90.9 Å². The SMILES string of the molecule is CCOC(=O)c1c(NC(=O)COC(=O)C(C)(C)Oc2ccc(Cl)cc2)sc2c1CCCC2. The van der Waals surface area contributed by atoms with Gasteiger partial charge in [-0.1, -0.05) is 11.6 Å². The highest BCUT2D eigenvalue weighted by molar-refractivity contribution is 7.17. The van der Waals surface area contributed by atoms with Gasteiger partial charge in [-0.25, -0.2) is 9.59 Å². The molecule has 172 valence electrons. The van der Waals surface area contributed by atoms with Crippen molar-refractivity contribution in [2.45, 2.75) is 52.1 Å². The standard InChI is InChI=1S/C23H26ClNO6S/c1-4-29-21(27)19-16-7-5-6-8-17(16)32-20(19)25-18(26)13-30-22(28)23(2,3)31-15-11-9-14(24)10-12-15/h9-12H,4-8,13H2,1-3H3,(H,25,26). The second-order valence-corrected chi connectivity index (χ2v) is 9.37. The first-order valence-corrected chi connectivity index (χ1v) is 11.6. The van der Waals surface area contributed by atoms with Gasteiger partial charge in [0.2, 0.25) is 0 Å². The molecule has 0 spiro atoms. The summed E-state index contributed by atoms with van der Waals surface area (Å²) in [5.74, 6) is -1.23. The van der Waals surface area contributed by atoms with Gasteiger partial charge in [-0.2, -0.15) is 0 Å². The highest BCUT2D eigenvalue weighted by Crippen LogP contribution is 2.38. The van der Waals surface area contributed by atoms with E-state index >= 15 is 0 Å². The lowest BCUT2D eigenvalue weighted by Gasteiger charge is -2.24. The van der Waals surface area contributed by atoms with E-state index < -0.39 is 30.1 Å². The molecule has 1 N–H and O–H groups in total. The minimum absolute atomic E-state index is 0.247. The van der Waals surface area contributed by atoms with Gasteiger partial charge in [-0.3, -0.25) is 4.79 Å². The van der Waals surface area contributed by atoms with Crippen LogP contribution in [0.1, 0.15) is 54.4 Å². The zero-order chi connectivity index (χ0) is 23.3. The molecule has 1 aromatic carbocycles. The van der Waals surface area contributed by atoms with Gasteiger partial charge in [0.05, 0.1) is 12.2 Å². The number of nitrogens with one attached hydrogen (secondary N) is 1. The highest BCUT2D eigenvalue weighted by Gasteiger charge is 2.33. The maximum absolute atomic E-state index is 12.5. The van der Waals surface area contributed by atoms with Gasteiger partial charge in [-0.05, 0) is 76.3 Å². The molecule has 0 saturated heterocycles.